The zero-order valence-corrected chi connectivity index (χ0v) is 27.5. The Morgan fingerprint density at radius 2 is 1.80 bits per heavy atom. The smallest absolute Gasteiger partial charge is 0.251 e. The van der Waals surface area contributed by atoms with Crippen LogP contribution in [0.3, 0.4) is 0 Å². The van der Waals surface area contributed by atoms with Crippen molar-refractivity contribution in [3.8, 4) is 11.4 Å². The van der Waals surface area contributed by atoms with Gasteiger partial charge in [0.25, 0.3) is 5.91 Å². The third-order valence-electron chi connectivity index (χ3n) is 7.96. The first-order valence-corrected chi connectivity index (χ1v) is 16.8. The molecule has 3 unspecified atom stereocenters. The number of carbonyl (C=O) groups excluding carboxylic acids is 2. The minimum absolute atomic E-state index is 0.0454. The first kappa shape index (κ1) is 32.4. The third-order valence-corrected chi connectivity index (χ3v) is 8.84. The Labute approximate surface area is 269 Å². The van der Waals surface area contributed by atoms with Crippen molar-refractivity contribution in [1.82, 2.24) is 25.6 Å². The van der Waals surface area contributed by atoms with Gasteiger partial charge in [-0.15, -0.1) is 11.8 Å². The number of aryl methyl sites for hydroxylation is 1. The zero-order chi connectivity index (χ0) is 31.9. The Morgan fingerprint density at radius 3 is 2.56 bits per heavy atom. The molecule has 0 bridgehead atoms. The lowest BCUT2D eigenvalue weighted by Gasteiger charge is -2.36. The van der Waals surface area contributed by atoms with E-state index in [4.69, 9.17) is 19.7 Å². The molecular formula is C35H42N6O3S. The Morgan fingerprint density at radius 1 is 1.02 bits per heavy atom. The van der Waals surface area contributed by atoms with Crippen molar-refractivity contribution in [3.63, 3.8) is 0 Å². The van der Waals surface area contributed by atoms with Gasteiger partial charge in [-0.2, -0.15) is 0 Å². The normalized spacial score (nSPS) is 17.2. The molecule has 0 radical (unpaired) electrons. The van der Waals surface area contributed by atoms with E-state index in [1.165, 1.54) is 6.92 Å². The lowest BCUT2D eigenvalue weighted by molar-refractivity contribution is -0.118. The average molecular weight is 627 g/mol. The number of rotatable bonds is 11. The second-order valence-corrected chi connectivity index (χ2v) is 12.6. The largest absolute Gasteiger partial charge is 0.372 e. The van der Waals surface area contributed by atoms with E-state index in [0.717, 1.165) is 70.2 Å². The van der Waals surface area contributed by atoms with Crippen LogP contribution in [0.15, 0.2) is 65.7 Å². The van der Waals surface area contributed by atoms with Crippen LogP contribution in [-0.2, 0) is 9.53 Å². The number of ether oxygens (including phenoxy) is 1. The number of carbonyl (C=O) groups is 2. The number of hydrogen-bond acceptors (Lipinski definition) is 8. The summed E-state index contributed by atoms with van der Waals surface area (Å²) < 4.78 is 5.91. The van der Waals surface area contributed by atoms with Crippen LogP contribution in [0.1, 0.15) is 67.7 Å². The zero-order valence-electron chi connectivity index (χ0n) is 26.7. The molecule has 5 rings (SSSR count). The van der Waals surface area contributed by atoms with Crippen LogP contribution < -0.4 is 15.5 Å². The van der Waals surface area contributed by atoms with Crippen molar-refractivity contribution in [3.05, 3.63) is 77.6 Å². The average Bonchev–Trinajstić information content (AvgIpc) is 3.03. The molecule has 2 amide bonds. The molecule has 0 aliphatic carbocycles. The third kappa shape index (κ3) is 8.38. The number of aromatic nitrogens is 3. The molecule has 3 aromatic heterocycles. The number of hydrogen-bond donors (Lipinski definition) is 2. The lowest BCUT2D eigenvalue weighted by atomic mass is 10.0. The van der Waals surface area contributed by atoms with Crippen molar-refractivity contribution in [2.45, 2.75) is 70.1 Å². The summed E-state index contributed by atoms with van der Waals surface area (Å²) in [4.78, 5) is 42.8. The Bertz CT molecular complexity index is 1650. The molecule has 4 heterocycles. The van der Waals surface area contributed by atoms with Crippen LogP contribution in [0.25, 0.3) is 22.3 Å². The molecule has 1 aromatic carbocycles. The summed E-state index contributed by atoms with van der Waals surface area (Å²) >= 11 is 1.63. The predicted octanol–water partition coefficient (Wildman–Crippen LogP) is 6.11. The van der Waals surface area contributed by atoms with Crippen LogP contribution in [0, 0.1) is 6.92 Å². The van der Waals surface area contributed by atoms with Crippen LogP contribution in [0.4, 0.5) is 5.82 Å². The SMILES string of the molecule is CSc1cc(C(=O)NC(CCCCNC(C)=O)c2cc3nc(-c4cccc(N5CC(C)OC(C)C5)n4)ccc3cn2)ccc1C. The first-order valence-electron chi connectivity index (χ1n) is 15.5. The number of fused-ring (bicyclic) bond motifs is 1. The Kier molecular flexibility index (Phi) is 10.7. The highest BCUT2D eigenvalue weighted by molar-refractivity contribution is 7.98. The van der Waals surface area contributed by atoms with Crippen molar-refractivity contribution in [1.29, 1.82) is 0 Å². The molecule has 236 valence electrons. The maximum Gasteiger partial charge on any atom is 0.251 e. The van der Waals surface area contributed by atoms with Gasteiger partial charge in [0.15, 0.2) is 0 Å². The fourth-order valence-corrected chi connectivity index (χ4v) is 6.34. The van der Waals surface area contributed by atoms with Gasteiger partial charge < -0.3 is 20.3 Å². The van der Waals surface area contributed by atoms with Gasteiger partial charge in [0.1, 0.15) is 5.82 Å². The number of morpholine rings is 1. The van der Waals surface area contributed by atoms with Gasteiger partial charge >= 0.3 is 0 Å². The first-order chi connectivity index (χ1) is 21.7. The summed E-state index contributed by atoms with van der Waals surface area (Å²) in [5, 5.41) is 6.99. The number of pyridine rings is 3. The fraction of sp³-hybridized carbons (Fsp3) is 0.400. The van der Waals surface area contributed by atoms with Crippen LogP contribution >= 0.6 is 11.8 Å². The lowest BCUT2D eigenvalue weighted by Crippen LogP contribution is -2.45. The molecule has 4 aromatic rings. The maximum atomic E-state index is 13.5. The molecule has 0 saturated carbocycles. The number of anilines is 1. The van der Waals surface area contributed by atoms with E-state index in [-0.39, 0.29) is 30.1 Å². The van der Waals surface area contributed by atoms with Gasteiger partial charge in [0.2, 0.25) is 5.91 Å². The van der Waals surface area contributed by atoms with E-state index in [0.29, 0.717) is 18.5 Å². The number of thioether (sulfide) groups is 1. The number of benzene rings is 1. The maximum absolute atomic E-state index is 13.5. The van der Waals surface area contributed by atoms with Crippen molar-refractivity contribution in [2.24, 2.45) is 0 Å². The van der Waals surface area contributed by atoms with E-state index < -0.39 is 0 Å². The monoisotopic (exact) mass is 626 g/mol. The second-order valence-electron chi connectivity index (χ2n) is 11.7. The molecule has 1 fully saturated rings. The van der Waals surface area contributed by atoms with Gasteiger partial charge in [-0.05, 0) is 94.3 Å². The van der Waals surface area contributed by atoms with Gasteiger partial charge in [-0.3, -0.25) is 14.6 Å². The minimum atomic E-state index is -0.324. The van der Waals surface area contributed by atoms with Crippen LogP contribution in [-0.4, -0.2) is 64.9 Å². The molecular weight excluding hydrogens is 584 g/mol. The number of unbranched alkanes of at least 4 members (excludes halogenated alkanes) is 1. The van der Waals surface area contributed by atoms with E-state index in [1.807, 2.05) is 74.0 Å². The number of amides is 2. The summed E-state index contributed by atoms with van der Waals surface area (Å²) in [5.74, 6) is 0.721. The predicted molar refractivity (Wildman–Crippen MR) is 181 cm³/mol. The van der Waals surface area contributed by atoms with Crippen LogP contribution in [0.5, 0.6) is 0 Å². The Hall–Kier alpha value is -4.02. The summed E-state index contributed by atoms with van der Waals surface area (Å²) in [6.07, 6.45) is 6.38. The number of nitrogens with one attached hydrogen (secondary N) is 2. The molecule has 3 atom stereocenters. The van der Waals surface area contributed by atoms with Gasteiger partial charge in [0.05, 0.1) is 40.8 Å². The summed E-state index contributed by atoms with van der Waals surface area (Å²) in [5.41, 5.74) is 4.86. The molecule has 1 aliphatic heterocycles. The molecule has 9 nitrogen and oxygen atoms in total. The highest BCUT2D eigenvalue weighted by atomic mass is 32.2. The van der Waals surface area contributed by atoms with E-state index in [9.17, 15) is 9.59 Å². The molecule has 45 heavy (non-hydrogen) atoms. The topological polar surface area (TPSA) is 109 Å². The highest BCUT2D eigenvalue weighted by Gasteiger charge is 2.24. The molecule has 1 saturated heterocycles. The van der Waals surface area contributed by atoms with E-state index in [1.54, 1.807) is 11.8 Å². The molecule has 2 N–H and O–H groups in total. The number of nitrogens with zero attached hydrogens (tertiary/aromatic N) is 4. The van der Waals surface area contributed by atoms with E-state index in [2.05, 4.69) is 29.4 Å². The Balaban J connectivity index is 1.41. The summed E-state index contributed by atoms with van der Waals surface area (Å²) in [7, 11) is 0. The molecule has 10 heteroatoms. The van der Waals surface area contributed by atoms with Crippen LogP contribution in [0.2, 0.25) is 0 Å². The quantitative estimate of drug-likeness (QED) is 0.152. The van der Waals surface area contributed by atoms with Gasteiger partial charge in [0, 0.05) is 48.6 Å². The second kappa shape index (κ2) is 14.8. The standard InChI is InChI=1S/C35H42N6O3S/c1-22-12-13-26(17-33(22)45-5)35(43)40-29(9-6-7-16-36-25(4)42)32-18-31-27(19-37-32)14-15-30(38-31)28-10-8-11-34(39-28)41-20-23(2)44-24(3)21-41/h8,10-15,17-19,23-24,29H,6-7,9,16,20-21H2,1-5H3,(H,36,42)(H,40,43). The summed E-state index contributed by atoms with van der Waals surface area (Å²) in [6.45, 7) is 9.91. The van der Waals surface area contributed by atoms with Crippen molar-refractivity contribution < 1.29 is 14.3 Å². The molecule has 0 spiro atoms. The minimum Gasteiger partial charge on any atom is -0.372 e. The van der Waals surface area contributed by atoms with Gasteiger partial charge in [-0.25, -0.2) is 9.97 Å². The fourth-order valence-electron chi connectivity index (χ4n) is 5.71. The van der Waals surface area contributed by atoms with Gasteiger partial charge in [-0.1, -0.05) is 12.1 Å². The molecule has 1 aliphatic rings. The van der Waals surface area contributed by atoms with Crippen molar-refractivity contribution >= 4 is 40.3 Å². The summed E-state index contributed by atoms with van der Waals surface area (Å²) in [6, 6.07) is 17.4. The van der Waals surface area contributed by atoms with Crippen molar-refractivity contribution in [2.75, 3.05) is 30.8 Å². The van der Waals surface area contributed by atoms with E-state index >= 15 is 0 Å². The highest BCUT2D eigenvalue weighted by Crippen LogP contribution is 2.27.